The first-order valence-electron chi connectivity index (χ1n) is 6.14. The lowest BCUT2D eigenvalue weighted by atomic mass is 9.99. The van der Waals surface area contributed by atoms with Crippen LogP contribution in [0.3, 0.4) is 0 Å². The third-order valence-electron chi connectivity index (χ3n) is 3.38. The molecule has 0 N–H and O–H groups in total. The Morgan fingerprint density at radius 3 is 2.52 bits per heavy atom. The van der Waals surface area contributed by atoms with E-state index in [0.29, 0.717) is 0 Å². The fraction of sp³-hybridized carbons (Fsp3) is 0.500. The highest BCUT2D eigenvalue weighted by molar-refractivity contribution is 9.10. The molecule has 1 atom stereocenters. The number of alkyl halides is 3. The molecule has 9 heteroatoms. The number of nitrogens with zero attached hydrogens (tertiary/aromatic N) is 1. The van der Waals surface area contributed by atoms with Crippen LogP contribution in [0.5, 0.6) is 0 Å². The van der Waals surface area contributed by atoms with E-state index in [1.807, 2.05) is 0 Å². The number of sulfonamides is 1. The van der Waals surface area contributed by atoms with Crippen LogP contribution in [0.4, 0.5) is 17.6 Å². The summed E-state index contributed by atoms with van der Waals surface area (Å²) in [5, 5.41) is 0. The molecular formula is C12H12BrF4NO2S. The van der Waals surface area contributed by atoms with Crippen molar-refractivity contribution < 1.29 is 26.0 Å². The molecule has 1 saturated heterocycles. The van der Waals surface area contributed by atoms with E-state index in [9.17, 15) is 26.0 Å². The number of rotatable bonds is 2. The fourth-order valence-electron chi connectivity index (χ4n) is 2.21. The van der Waals surface area contributed by atoms with Crippen molar-refractivity contribution in [1.29, 1.82) is 0 Å². The third-order valence-corrected chi connectivity index (χ3v) is 5.88. The van der Waals surface area contributed by atoms with Gasteiger partial charge >= 0.3 is 6.18 Å². The summed E-state index contributed by atoms with van der Waals surface area (Å²) in [5.41, 5.74) is 0. The predicted octanol–water partition coefficient (Wildman–Crippen LogP) is 3.55. The molecule has 1 aromatic rings. The number of hydrogen-bond acceptors (Lipinski definition) is 2. The minimum absolute atomic E-state index is 0.00654. The third kappa shape index (κ3) is 3.57. The van der Waals surface area contributed by atoms with Crippen LogP contribution in [0, 0.1) is 11.7 Å². The molecule has 0 saturated carbocycles. The minimum atomic E-state index is -4.43. The summed E-state index contributed by atoms with van der Waals surface area (Å²) in [6.45, 7) is -0.615. The molecule has 21 heavy (non-hydrogen) atoms. The van der Waals surface area contributed by atoms with Crippen molar-refractivity contribution >= 4 is 26.0 Å². The van der Waals surface area contributed by atoms with Gasteiger partial charge in [-0.15, -0.1) is 0 Å². The summed E-state index contributed by atoms with van der Waals surface area (Å²) in [4.78, 5) is -0.342. The van der Waals surface area contributed by atoms with Gasteiger partial charge in [-0.1, -0.05) is 0 Å². The molecule has 2 rings (SSSR count). The molecule has 0 aromatic heterocycles. The molecule has 1 heterocycles. The van der Waals surface area contributed by atoms with Crippen LogP contribution in [0.15, 0.2) is 27.6 Å². The van der Waals surface area contributed by atoms with Gasteiger partial charge in [0, 0.05) is 13.1 Å². The first kappa shape index (κ1) is 16.7. The Morgan fingerprint density at radius 2 is 1.95 bits per heavy atom. The number of halogens is 5. The van der Waals surface area contributed by atoms with E-state index >= 15 is 0 Å². The monoisotopic (exact) mass is 389 g/mol. The van der Waals surface area contributed by atoms with Gasteiger partial charge in [-0.3, -0.25) is 0 Å². The normalized spacial score (nSPS) is 21.5. The first-order chi connectivity index (χ1) is 9.62. The van der Waals surface area contributed by atoms with Crippen molar-refractivity contribution in [3.8, 4) is 0 Å². The van der Waals surface area contributed by atoms with E-state index in [1.165, 1.54) is 12.1 Å². The molecule has 3 nitrogen and oxygen atoms in total. The van der Waals surface area contributed by atoms with Crippen molar-refractivity contribution in [1.82, 2.24) is 4.31 Å². The lowest BCUT2D eigenvalue weighted by molar-refractivity contribution is -0.182. The zero-order valence-corrected chi connectivity index (χ0v) is 13.1. The maximum atomic E-state index is 13.4. The highest BCUT2D eigenvalue weighted by atomic mass is 79.9. The lowest BCUT2D eigenvalue weighted by Gasteiger charge is -2.32. The molecule has 0 radical (unpaired) electrons. The molecule has 118 valence electrons. The predicted molar refractivity (Wildman–Crippen MR) is 71.6 cm³/mol. The molecule has 1 fully saturated rings. The molecule has 1 aliphatic rings. The maximum absolute atomic E-state index is 13.4. The summed E-state index contributed by atoms with van der Waals surface area (Å²) < 4.78 is 77.1. The van der Waals surface area contributed by atoms with Crippen molar-refractivity contribution in [2.75, 3.05) is 13.1 Å². The van der Waals surface area contributed by atoms with Crippen molar-refractivity contribution in [3.63, 3.8) is 0 Å². The van der Waals surface area contributed by atoms with Gasteiger partial charge in [0.1, 0.15) is 5.82 Å². The van der Waals surface area contributed by atoms with Crippen LogP contribution in [0.25, 0.3) is 0 Å². The summed E-state index contributed by atoms with van der Waals surface area (Å²) in [6, 6.07) is 3.18. The van der Waals surface area contributed by atoms with Crippen molar-refractivity contribution in [2.24, 2.45) is 5.92 Å². The SMILES string of the molecule is O=S(=O)(c1ccc(Br)c(F)c1)N1CCCC(C(F)(F)F)C1. The van der Waals surface area contributed by atoms with Crippen molar-refractivity contribution in [3.05, 3.63) is 28.5 Å². The van der Waals surface area contributed by atoms with E-state index in [4.69, 9.17) is 0 Å². The van der Waals surface area contributed by atoms with Gasteiger partial charge in [0.2, 0.25) is 10.0 Å². The minimum Gasteiger partial charge on any atom is -0.207 e. The van der Waals surface area contributed by atoms with Gasteiger partial charge in [0.05, 0.1) is 15.3 Å². The standard InChI is InChI=1S/C12H12BrF4NO2S/c13-10-4-3-9(6-11(10)14)21(19,20)18-5-1-2-8(7-18)12(15,16)17/h3-4,6,8H,1-2,5,7H2. The largest absolute Gasteiger partial charge is 0.393 e. The molecule has 0 bridgehead atoms. The van der Waals surface area contributed by atoms with Gasteiger partial charge in [0.25, 0.3) is 0 Å². The lowest BCUT2D eigenvalue weighted by Crippen LogP contribution is -2.44. The van der Waals surface area contributed by atoms with Gasteiger partial charge in [-0.05, 0) is 47.0 Å². The van der Waals surface area contributed by atoms with E-state index < -0.39 is 34.5 Å². The topological polar surface area (TPSA) is 37.4 Å². The van der Waals surface area contributed by atoms with Crippen LogP contribution >= 0.6 is 15.9 Å². The van der Waals surface area contributed by atoms with Gasteiger partial charge < -0.3 is 0 Å². The van der Waals surface area contributed by atoms with Crippen LogP contribution in [-0.4, -0.2) is 32.0 Å². The maximum Gasteiger partial charge on any atom is 0.393 e. The average molecular weight is 390 g/mol. The Morgan fingerprint density at radius 1 is 1.29 bits per heavy atom. The zero-order chi connectivity index (χ0) is 15.8. The summed E-state index contributed by atoms with van der Waals surface area (Å²) in [6.07, 6.45) is -4.40. The van der Waals surface area contributed by atoms with Crippen LogP contribution < -0.4 is 0 Å². The average Bonchev–Trinajstić information content (AvgIpc) is 2.41. The second-order valence-electron chi connectivity index (χ2n) is 4.82. The zero-order valence-electron chi connectivity index (χ0n) is 10.7. The Bertz CT molecular complexity index is 633. The Kier molecular flexibility index (Phi) is 4.65. The second-order valence-corrected chi connectivity index (χ2v) is 7.61. The van der Waals surface area contributed by atoms with Gasteiger partial charge in [-0.2, -0.15) is 17.5 Å². The quantitative estimate of drug-likeness (QED) is 0.725. The fourth-order valence-corrected chi connectivity index (χ4v) is 4.00. The van der Waals surface area contributed by atoms with Crippen LogP contribution in [-0.2, 0) is 10.0 Å². The molecule has 1 unspecified atom stereocenters. The molecule has 0 aliphatic carbocycles. The number of hydrogen-bond donors (Lipinski definition) is 0. The summed E-state index contributed by atoms with van der Waals surface area (Å²) >= 11 is 2.90. The van der Waals surface area contributed by atoms with Gasteiger partial charge in [0.15, 0.2) is 0 Å². The highest BCUT2D eigenvalue weighted by Gasteiger charge is 2.44. The van der Waals surface area contributed by atoms with Gasteiger partial charge in [-0.25, -0.2) is 12.8 Å². The number of benzene rings is 1. The molecular weight excluding hydrogens is 378 g/mol. The van der Waals surface area contributed by atoms with E-state index in [0.717, 1.165) is 10.4 Å². The first-order valence-corrected chi connectivity index (χ1v) is 8.37. The van der Waals surface area contributed by atoms with E-state index in [-0.39, 0.29) is 28.8 Å². The van der Waals surface area contributed by atoms with Crippen LogP contribution in [0.2, 0.25) is 0 Å². The van der Waals surface area contributed by atoms with E-state index in [1.54, 1.807) is 0 Å². The van der Waals surface area contributed by atoms with Crippen molar-refractivity contribution in [2.45, 2.75) is 23.9 Å². The smallest absolute Gasteiger partial charge is 0.207 e. The molecule has 1 aromatic carbocycles. The van der Waals surface area contributed by atoms with Crippen LogP contribution in [0.1, 0.15) is 12.8 Å². The Balaban J connectivity index is 2.28. The highest BCUT2D eigenvalue weighted by Crippen LogP contribution is 2.35. The second kappa shape index (κ2) is 5.85. The number of piperidine rings is 1. The Labute approximate surface area is 128 Å². The summed E-state index contributed by atoms with van der Waals surface area (Å²) in [7, 11) is -4.12. The molecule has 1 aliphatic heterocycles. The molecule has 0 amide bonds. The summed E-state index contributed by atoms with van der Waals surface area (Å²) in [5.74, 6) is -2.46. The van der Waals surface area contributed by atoms with E-state index in [2.05, 4.69) is 15.9 Å². The molecule has 0 spiro atoms. The Hall–Kier alpha value is -0.670.